The highest BCUT2D eigenvalue weighted by molar-refractivity contribution is 8.03. The minimum atomic E-state index is -0.463. The highest BCUT2D eigenvalue weighted by Gasteiger charge is 2.38. The van der Waals surface area contributed by atoms with Crippen LogP contribution in [-0.2, 0) is 4.79 Å². The van der Waals surface area contributed by atoms with Crippen molar-refractivity contribution in [2.75, 3.05) is 17.4 Å². The van der Waals surface area contributed by atoms with Crippen LogP contribution in [0.4, 0.5) is 11.4 Å². The zero-order valence-corrected chi connectivity index (χ0v) is 16.6. The molecule has 1 saturated heterocycles. The first-order valence-electron chi connectivity index (χ1n) is 9.12. The molecule has 2 heterocycles. The van der Waals surface area contributed by atoms with Crippen molar-refractivity contribution in [1.29, 1.82) is 5.26 Å². The zero-order chi connectivity index (χ0) is 20.5. The molecule has 2 aromatic rings. The van der Waals surface area contributed by atoms with Crippen LogP contribution in [0.3, 0.4) is 0 Å². The van der Waals surface area contributed by atoms with E-state index < -0.39 is 10.8 Å². The van der Waals surface area contributed by atoms with E-state index >= 15 is 0 Å². The third-order valence-corrected chi connectivity index (χ3v) is 6.39. The van der Waals surface area contributed by atoms with Gasteiger partial charge >= 0.3 is 0 Å². The summed E-state index contributed by atoms with van der Waals surface area (Å²) in [5, 5.41) is 21.6. The van der Waals surface area contributed by atoms with Gasteiger partial charge in [0.25, 0.3) is 5.69 Å². The van der Waals surface area contributed by atoms with E-state index in [1.54, 1.807) is 17.0 Å². The molecule has 0 aliphatic carbocycles. The SMILES string of the molecule is Cc1ccccc1N1CSC2=C(C#N)[C@@H](c3cccc([N+](=O)[O-])c3)CC(=O)N2C1. The Balaban J connectivity index is 1.69. The van der Waals surface area contributed by atoms with Gasteiger partial charge in [-0.1, -0.05) is 42.1 Å². The van der Waals surface area contributed by atoms with E-state index in [4.69, 9.17) is 0 Å². The van der Waals surface area contributed by atoms with Gasteiger partial charge in [0, 0.05) is 30.2 Å². The summed E-state index contributed by atoms with van der Waals surface area (Å²) in [6, 6.07) is 16.5. The normalized spacial score (nSPS) is 19.0. The number of rotatable bonds is 3. The lowest BCUT2D eigenvalue weighted by Gasteiger charge is -2.42. The fourth-order valence-corrected chi connectivity index (χ4v) is 4.93. The summed E-state index contributed by atoms with van der Waals surface area (Å²) in [5.74, 6) is 0.0778. The molecule has 4 rings (SSSR count). The van der Waals surface area contributed by atoms with Crippen LogP contribution < -0.4 is 4.90 Å². The van der Waals surface area contributed by atoms with Gasteiger partial charge < -0.3 is 4.90 Å². The van der Waals surface area contributed by atoms with Crippen molar-refractivity contribution in [2.45, 2.75) is 19.3 Å². The number of nitro groups is 1. The number of hydrogen-bond acceptors (Lipinski definition) is 6. The minimum absolute atomic E-state index is 0.0401. The number of nitrogens with zero attached hydrogens (tertiary/aromatic N) is 4. The number of para-hydroxylation sites is 1. The lowest BCUT2D eigenvalue weighted by molar-refractivity contribution is -0.384. The molecule has 0 N–H and O–H groups in total. The second kappa shape index (κ2) is 7.60. The summed E-state index contributed by atoms with van der Waals surface area (Å²) >= 11 is 1.46. The van der Waals surface area contributed by atoms with Crippen molar-refractivity contribution < 1.29 is 9.72 Å². The van der Waals surface area contributed by atoms with E-state index in [0.29, 0.717) is 28.7 Å². The van der Waals surface area contributed by atoms with E-state index in [0.717, 1.165) is 11.3 Å². The summed E-state index contributed by atoms with van der Waals surface area (Å²) in [4.78, 5) is 27.4. The maximum absolute atomic E-state index is 13.0. The van der Waals surface area contributed by atoms with Crippen LogP contribution in [-0.4, -0.2) is 28.3 Å². The van der Waals surface area contributed by atoms with Crippen molar-refractivity contribution >= 4 is 29.0 Å². The summed E-state index contributed by atoms with van der Waals surface area (Å²) in [6.07, 6.45) is 0.121. The molecule has 0 radical (unpaired) electrons. The topological polar surface area (TPSA) is 90.5 Å². The Hall–Kier alpha value is -3.31. The number of anilines is 1. The van der Waals surface area contributed by atoms with Gasteiger partial charge in [-0.2, -0.15) is 5.26 Å². The molecule has 0 unspecified atom stereocenters. The average Bonchev–Trinajstić information content (AvgIpc) is 2.74. The second-order valence-corrected chi connectivity index (χ2v) is 7.94. The van der Waals surface area contributed by atoms with Crippen LogP contribution in [0.1, 0.15) is 23.5 Å². The quantitative estimate of drug-likeness (QED) is 0.562. The van der Waals surface area contributed by atoms with Crippen LogP contribution in [0.2, 0.25) is 0 Å². The first-order valence-corrected chi connectivity index (χ1v) is 10.1. The van der Waals surface area contributed by atoms with Crippen molar-refractivity contribution in [3.63, 3.8) is 0 Å². The highest BCUT2D eigenvalue weighted by Crippen LogP contribution is 2.43. The van der Waals surface area contributed by atoms with Crippen LogP contribution in [0.25, 0.3) is 0 Å². The number of carbonyl (C=O) groups is 1. The Kier molecular flexibility index (Phi) is 4.99. The van der Waals surface area contributed by atoms with Crippen LogP contribution >= 0.6 is 11.8 Å². The minimum Gasteiger partial charge on any atom is -0.343 e. The van der Waals surface area contributed by atoms with Gasteiger partial charge in [0.2, 0.25) is 5.91 Å². The second-order valence-electron chi connectivity index (χ2n) is 7.00. The largest absolute Gasteiger partial charge is 0.343 e. The first-order chi connectivity index (χ1) is 14.0. The van der Waals surface area contributed by atoms with E-state index in [-0.39, 0.29) is 18.0 Å². The fraction of sp³-hybridized carbons (Fsp3) is 0.238. The molecule has 2 aromatic carbocycles. The summed E-state index contributed by atoms with van der Waals surface area (Å²) in [6.45, 7) is 2.42. The maximum atomic E-state index is 13.0. The number of fused-ring (bicyclic) bond motifs is 1. The summed E-state index contributed by atoms with van der Waals surface area (Å²) < 4.78 is 0. The molecule has 146 valence electrons. The number of hydrogen-bond donors (Lipinski definition) is 0. The van der Waals surface area contributed by atoms with Gasteiger partial charge in [0.05, 0.1) is 34.1 Å². The van der Waals surface area contributed by atoms with Crippen molar-refractivity contribution in [1.82, 2.24) is 4.90 Å². The Morgan fingerprint density at radius 2 is 2.03 bits per heavy atom. The number of thioether (sulfide) groups is 1. The number of non-ortho nitro benzene ring substituents is 1. The number of nitriles is 1. The highest BCUT2D eigenvalue weighted by atomic mass is 32.2. The van der Waals surface area contributed by atoms with Crippen molar-refractivity contribution in [2.24, 2.45) is 0 Å². The molecule has 8 heteroatoms. The first kappa shape index (κ1) is 19.0. The standard InChI is InChI=1S/C21H18N4O3S/c1-14-5-2-3-8-19(14)23-12-24-20(26)10-17(18(11-22)21(24)29-13-23)15-6-4-7-16(9-15)25(27)28/h2-9,17H,10,12-13H2,1H3/t17-/m1/s1. The molecule has 0 saturated carbocycles. The predicted octanol–water partition coefficient (Wildman–Crippen LogP) is 4.12. The molecule has 2 aliphatic rings. The molecule has 7 nitrogen and oxygen atoms in total. The monoisotopic (exact) mass is 406 g/mol. The average molecular weight is 406 g/mol. The molecule has 0 aromatic heterocycles. The zero-order valence-electron chi connectivity index (χ0n) is 15.7. The van der Waals surface area contributed by atoms with E-state index in [9.17, 15) is 20.2 Å². The molecule has 0 spiro atoms. The molecular weight excluding hydrogens is 388 g/mol. The Morgan fingerprint density at radius 3 is 2.76 bits per heavy atom. The lowest BCUT2D eigenvalue weighted by atomic mass is 9.86. The molecule has 1 amide bonds. The van der Waals surface area contributed by atoms with E-state index in [1.165, 1.54) is 23.9 Å². The predicted molar refractivity (Wildman–Crippen MR) is 111 cm³/mol. The molecule has 0 bridgehead atoms. The number of aryl methyl sites for hydroxylation is 1. The van der Waals surface area contributed by atoms with Gasteiger partial charge in [-0.3, -0.25) is 19.8 Å². The summed E-state index contributed by atoms with van der Waals surface area (Å²) in [5.41, 5.74) is 3.27. The van der Waals surface area contributed by atoms with Gasteiger partial charge in [-0.05, 0) is 24.1 Å². The van der Waals surface area contributed by atoms with Crippen molar-refractivity contribution in [3.8, 4) is 6.07 Å². The van der Waals surface area contributed by atoms with E-state index in [1.807, 2.05) is 31.2 Å². The molecule has 29 heavy (non-hydrogen) atoms. The Bertz CT molecular complexity index is 1080. The number of benzene rings is 2. The molecule has 1 atom stereocenters. The van der Waals surface area contributed by atoms with Crippen LogP contribution in [0.5, 0.6) is 0 Å². The lowest BCUT2D eigenvalue weighted by Crippen LogP contribution is -2.47. The molecule has 1 fully saturated rings. The fourth-order valence-electron chi connectivity index (χ4n) is 3.77. The van der Waals surface area contributed by atoms with Crippen molar-refractivity contribution in [3.05, 3.63) is 80.4 Å². The number of nitro benzene ring substituents is 1. The third-order valence-electron chi connectivity index (χ3n) is 5.23. The number of allylic oxidation sites excluding steroid dienone is 1. The van der Waals surface area contributed by atoms with Gasteiger partial charge in [0.1, 0.15) is 0 Å². The van der Waals surface area contributed by atoms with Gasteiger partial charge in [-0.25, -0.2) is 0 Å². The third kappa shape index (κ3) is 3.45. The van der Waals surface area contributed by atoms with Crippen LogP contribution in [0, 0.1) is 28.4 Å². The number of amides is 1. The smallest absolute Gasteiger partial charge is 0.269 e. The number of carbonyl (C=O) groups excluding carboxylic acids is 1. The van der Waals surface area contributed by atoms with Gasteiger partial charge in [0.15, 0.2) is 0 Å². The summed E-state index contributed by atoms with van der Waals surface area (Å²) in [7, 11) is 0. The van der Waals surface area contributed by atoms with Gasteiger partial charge in [-0.15, -0.1) is 0 Å². The van der Waals surface area contributed by atoms with Crippen LogP contribution in [0.15, 0.2) is 59.1 Å². The molecular formula is C21H18N4O3S. The molecule has 2 aliphatic heterocycles. The Labute approximate surface area is 172 Å². The van der Waals surface area contributed by atoms with E-state index in [2.05, 4.69) is 11.0 Å². The maximum Gasteiger partial charge on any atom is 0.269 e. The Morgan fingerprint density at radius 1 is 1.24 bits per heavy atom.